The van der Waals surface area contributed by atoms with Gasteiger partial charge in [0.25, 0.3) is 5.91 Å². The molecule has 36 heavy (non-hydrogen) atoms. The molecule has 1 N–H and O–H groups in total. The third-order valence-electron chi connectivity index (χ3n) is 7.54. The van der Waals surface area contributed by atoms with Crippen LogP contribution in [0, 0.1) is 0 Å². The van der Waals surface area contributed by atoms with E-state index in [1.807, 2.05) is 37.3 Å². The fourth-order valence-electron chi connectivity index (χ4n) is 5.53. The molecule has 2 aromatic carbocycles. The van der Waals surface area contributed by atoms with Crippen molar-refractivity contribution in [2.75, 3.05) is 13.7 Å². The zero-order valence-corrected chi connectivity index (χ0v) is 21.2. The molecule has 2 aromatic rings. The molecule has 190 valence electrons. The minimum Gasteiger partial charge on any atom is -0.493 e. The van der Waals surface area contributed by atoms with Crippen molar-refractivity contribution in [1.29, 1.82) is 0 Å². The summed E-state index contributed by atoms with van der Waals surface area (Å²) in [5.74, 6) is 1.22. The predicted molar refractivity (Wildman–Crippen MR) is 137 cm³/mol. The summed E-state index contributed by atoms with van der Waals surface area (Å²) in [6.07, 6.45) is 5.55. The van der Waals surface area contributed by atoms with Crippen LogP contribution in [-0.2, 0) is 9.53 Å². The summed E-state index contributed by atoms with van der Waals surface area (Å²) >= 11 is 0. The summed E-state index contributed by atoms with van der Waals surface area (Å²) in [6, 6.07) is 12.2. The van der Waals surface area contributed by atoms with Gasteiger partial charge in [0, 0.05) is 35.6 Å². The highest BCUT2D eigenvalue weighted by atomic mass is 16.5. The lowest BCUT2D eigenvalue weighted by Gasteiger charge is -2.38. The highest BCUT2D eigenvalue weighted by Crippen LogP contribution is 2.45. The van der Waals surface area contributed by atoms with Gasteiger partial charge in [-0.1, -0.05) is 12.1 Å². The summed E-state index contributed by atoms with van der Waals surface area (Å²) in [5, 5.41) is 3.10. The number of hydrogen-bond donors (Lipinski definition) is 1. The van der Waals surface area contributed by atoms with Crippen molar-refractivity contribution in [3.63, 3.8) is 0 Å². The van der Waals surface area contributed by atoms with Crippen LogP contribution in [0.2, 0.25) is 0 Å². The van der Waals surface area contributed by atoms with Crippen LogP contribution < -0.4 is 14.8 Å². The molecule has 0 unspecified atom stereocenters. The lowest BCUT2D eigenvalue weighted by Crippen LogP contribution is -2.39. The number of ether oxygens (including phenoxy) is 3. The Morgan fingerprint density at radius 1 is 1.06 bits per heavy atom. The number of methoxy groups -OCH3 is 1. The van der Waals surface area contributed by atoms with E-state index in [9.17, 15) is 9.59 Å². The quantitative estimate of drug-likeness (QED) is 0.564. The number of fused-ring (bicyclic) bond motifs is 3. The molecule has 0 aromatic heterocycles. The molecule has 2 aliphatic carbocycles. The summed E-state index contributed by atoms with van der Waals surface area (Å²) in [6.45, 7) is 3.95. The van der Waals surface area contributed by atoms with Crippen LogP contribution in [0.1, 0.15) is 85.3 Å². The molecule has 1 amide bonds. The van der Waals surface area contributed by atoms with Crippen LogP contribution in [0.25, 0.3) is 0 Å². The van der Waals surface area contributed by atoms with Crippen molar-refractivity contribution in [3.05, 3.63) is 58.7 Å². The normalized spacial score (nSPS) is 22.9. The van der Waals surface area contributed by atoms with Gasteiger partial charge in [-0.3, -0.25) is 14.6 Å². The summed E-state index contributed by atoms with van der Waals surface area (Å²) in [4.78, 5) is 29.4. The average molecular weight is 491 g/mol. The lowest BCUT2D eigenvalue weighted by atomic mass is 9.74. The molecule has 7 nitrogen and oxygen atoms in total. The molecule has 2 saturated carbocycles. The predicted octanol–water partition coefficient (Wildman–Crippen LogP) is 4.80. The topological polar surface area (TPSA) is 86.2 Å². The Bertz CT molecular complexity index is 1170. The van der Waals surface area contributed by atoms with E-state index in [0.717, 1.165) is 54.5 Å². The Balaban J connectivity index is 1.50. The van der Waals surface area contributed by atoms with Gasteiger partial charge in [-0.15, -0.1) is 0 Å². The van der Waals surface area contributed by atoms with Crippen molar-refractivity contribution in [2.24, 2.45) is 4.99 Å². The number of benzene rings is 2. The maximum absolute atomic E-state index is 12.6. The summed E-state index contributed by atoms with van der Waals surface area (Å²) < 4.78 is 17.1. The first kappa shape index (κ1) is 24.3. The standard InChI is InChI=1S/C29H34N2O5/c1-4-35-27-15-22-23-14-21(36-17(2)32)12-13-25(23)31-28(24(22)16-26(27)34-3)18-8-10-19(11-9-18)29(33)30-20-6-5-7-20/h8-11,15-16,20-21,23,25H,4-7,12-14H2,1-3H3,(H,30,33)/t21-,23-,25-/m1/s1. The van der Waals surface area contributed by atoms with Crippen molar-refractivity contribution >= 4 is 17.6 Å². The highest BCUT2D eigenvalue weighted by Gasteiger charge is 2.38. The first-order valence-electron chi connectivity index (χ1n) is 13.0. The maximum atomic E-state index is 12.6. The molecular weight excluding hydrogens is 456 g/mol. The molecule has 1 heterocycles. The van der Waals surface area contributed by atoms with Gasteiger partial charge in [0.2, 0.25) is 0 Å². The molecule has 3 aliphatic rings. The van der Waals surface area contributed by atoms with Crippen LogP contribution in [0.4, 0.5) is 0 Å². The van der Waals surface area contributed by atoms with E-state index in [0.29, 0.717) is 29.7 Å². The van der Waals surface area contributed by atoms with Crippen molar-refractivity contribution in [3.8, 4) is 11.5 Å². The van der Waals surface area contributed by atoms with Crippen molar-refractivity contribution in [1.82, 2.24) is 5.32 Å². The van der Waals surface area contributed by atoms with Crippen LogP contribution in [0.3, 0.4) is 0 Å². The van der Waals surface area contributed by atoms with E-state index < -0.39 is 0 Å². The van der Waals surface area contributed by atoms with Crippen molar-refractivity contribution in [2.45, 2.75) is 76.5 Å². The van der Waals surface area contributed by atoms with E-state index in [1.54, 1.807) is 7.11 Å². The zero-order valence-electron chi connectivity index (χ0n) is 21.2. The number of carbonyl (C=O) groups is 2. The maximum Gasteiger partial charge on any atom is 0.302 e. The first-order chi connectivity index (χ1) is 17.5. The molecule has 0 spiro atoms. The van der Waals surface area contributed by atoms with Gasteiger partial charge < -0.3 is 19.5 Å². The zero-order chi connectivity index (χ0) is 25.2. The van der Waals surface area contributed by atoms with E-state index >= 15 is 0 Å². The molecule has 2 fully saturated rings. The second-order valence-electron chi connectivity index (χ2n) is 9.90. The second-order valence-corrected chi connectivity index (χ2v) is 9.90. The van der Waals surface area contributed by atoms with Crippen LogP contribution in [0.15, 0.2) is 41.4 Å². The van der Waals surface area contributed by atoms with Gasteiger partial charge >= 0.3 is 5.97 Å². The van der Waals surface area contributed by atoms with Gasteiger partial charge in [-0.05, 0) is 75.3 Å². The smallest absolute Gasteiger partial charge is 0.302 e. The molecule has 0 radical (unpaired) electrons. The number of esters is 1. The van der Waals surface area contributed by atoms with Gasteiger partial charge in [-0.25, -0.2) is 0 Å². The van der Waals surface area contributed by atoms with E-state index in [1.165, 1.54) is 13.3 Å². The Kier molecular flexibility index (Phi) is 6.99. The molecule has 7 heteroatoms. The Hall–Kier alpha value is -3.35. The van der Waals surface area contributed by atoms with Crippen LogP contribution in [-0.4, -0.2) is 49.5 Å². The second kappa shape index (κ2) is 10.3. The van der Waals surface area contributed by atoms with Gasteiger partial charge in [0.05, 0.1) is 25.5 Å². The lowest BCUT2D eigenvalue weighted by molar-refractivity contribution is -0.148. The number of nitrogens with one attached hydrogen (secondary N) is 1. The van der Waals surface area contributed by atoms with Crippen LogP contribution >= 0.6 is 0 Å². The highest BCUT2D eigenvalue weighted by molar-refractivity contribution is 6.15. The number of aliphatic imine (C=N–C) groups is 1. The first-order valence-corrected chi connectivity index (χ1v) is 13.0. The number of rotatable bonds is 7. The van der Waals surface area contributed by atoms with E-state index in [-0.39, 0.29) is 29.9 Å². The monoisotopic (exact) mass is 490 g/mol. The average Bonchev–Trinajstić information content (AvgIpc) is 2.85. The fraction of sp³-hybridized carbons (Fsp3) is 0.483. The Labute approximate surface area is 212 Å². The number of nitrogens with zero attached hydrogens (tertiary/aromatic N) is 1. The van der Waals surface area contributed by atoms with Crippen molar-refractivity contribution < 1.29 is 23.8 Å². The SMILES string of the molecule is CCOc1cc2c(cc1OC)C(c1ccc(C(=O)NC3CCC3)cc1)=N[C@@H]1CC[C@@H](OC(C)=O)C[C@H]21. The van der Waals surface area contributed by atoms with Crippen LogP contribution in [0.5, 0.6) is 11.5 Å². The number of amides is 1. The third kappa shape index (κ3) is 4.84. The number of carbonyl (C=O) groups excluding carboxylic acids is 2. The minimum absolute atomic E-state index is 0.0240. The van der Waals surface area contributed by atoms with Gasteiger partial charge in [0.15, 0.2) is 11.5 Å². The van der Waals surface area contributed by atoms with Gasteiger partial charge in [-0.2, -0.15) is 0 Å². The molecule has 3 atom stereocenters. The van der Waals surface area contributed by atoms with E-state index in [4.69, 9.17) is 19.2 Å². The largest absolute Gasteiger partial charge is 0.493 e. The molecule has 1 aliphatic heterocycles. The summed E-state index contributed by atoms with van der Waals surface area (Å²) in [5.41, 5.74) is 4.64. The molecular formula is C29H34N2O5. The van der Waals surface area contributed by atoms with Gasteiger partial charge in [0.1, 0.15) is 6.10 Å². The summed E-state index contributed by atoms with van der Waals surface area (Å²) in [7, 11) is 1.64. The number of hydrogen-bond acceptors (Lipinski definition) is 6. The van der Waals surface area contributed by atoms with E-state index in [2.05, 4.69) is 11.4 Å². The fourth-order valence-corrected chi connectivity index (χ4v) is 5.53. The Morgan fingerprint density at radius 3 is 2.47 bits per heavy atom. The molecule has 0 saturated heterocycles. The minimum atomic E-state index is -0.246. The molecule has 0 bridgehead atoms. The molecule has 5 rings (SSSR count). The Morgan fingerprint density at radius 2 is 1.83 bits per heavy atom. The third-order valence-corrected chi connectivity index (χ3v) is 7.54.